The number of pyridine rings is 1. The Morgan fingerprint density at radius 3 is 2.57 bits per heavy atom. The van der Waals surface area contributed by atoms with Gasteiger partial charge < -0.3 is 10.6 Å². The molecule has 0 radical (unpaired) electrons. The monoisotopic (exact) mass is 281 g/mol. The van der Waals surface area contributed by atoms with Crippen molar-refractivity contribution in [1.82, 2.24) is 4.98 Å². The van der Waals surface area contributed by atoms with E-state index in [0.29, 0.717) is 6.54 Å². The highest BCUT2D eigenvalue weighted by Gasteiger charge is 2.09. The molecular weight excluding hydrogens is 265 g/mol. The predicted octanol–water partition coefficient (Wildman–Crippen LogP) is 3.59. The molecule has 0 unspecified atom stereocenters. The summed E-state index contributed by atoms with van der Waals surface area (Å²) < 4.78 is 13.0. The molecule has 106 valence electrons. The number of rotatable bonds is 3. The van der Waals surface area contributed by atoms with Crippen LogP contribution in [-0.4, -0.2) is 12.0 Å². The molecular formula is C17H16FN3. The van der Waals surface area contributed by atoms with E-state index in [1.54, 1.807) is 18.3 Å². The number of benzene rings is 2. The van der Waals surface area contributed by atoms with Crippen molar-refractivity contribution in [2.45, 2.75) is 6.54 Å². The number of hydrogen-bond acceptors (Lipinski definition) is 3. The van der Waals surface area contributed by atoms with Gasteiger partial charge in [-0.3, -0.25) is 4.98 Å². The fourth-order valence-electron chi connectivity index (χ4n) is 2.48. The lowest BCUT2D eigenvalue weighted by Gasteiger charge is -2.21. The first-order chi connectivity index (χ1) is 10.1. The Kier molecular flexibility index (Phi) is 3.44. The summed E-state index contributed by atoms with van der Waals surface area (Å²) in [4.78, 5) is 6.29. The van der Waals surface area contributed by atoms with Crippen molar-refractivity contribution in [3.8, 4) is 0 Å². The first-order valence-electron chi connectivity index (χ1n) is 6.73. The summed E-state index contributed by atoms with van der Waals surface area (Å²) in [6.07, 6.45) is 3.56. The molecule has 0 saturated carbocycles. The highest BCUT2D eigenvalue weighted by molar-refractivity contribution is 6.00. The van der Waals surface area contributed by atoms with E-state index in [0.717, 1.165) is 27.7 Å². The largest absolute Gasteiger partial charge is 0.398 e. The van der Waals surface area contributed by atoms with Gasteiger partial charge in [0.05, 0.1) is 0 Å². The van der Waals surface area contributed by atoms with E-state index in [4.69, 9.17) is 5.73 Å². The predicted molar refractivity (Wildman–Crippen MR) is 84.7 cm³/mol. The standard InChI is InChI=1S/C17H16FN3/c1-21(11-12-2-4-13(18)5-3-12)17-7-6-16(19)14-8-9-20-10-15(14)17/h2-10H,11,19H2,1H3. The Bertz CT molecular complexity index is 769. The molecule has 0 aliphatic carbocycles. The molecule has 0 aliphatic heterocycles. The van der Waals surface area contributed by atoms with Gasteiger partial charge in [-0.15, -0.1) is 0 Å². The van der Waals surface area contributed by atoms with E-state index >= 15 is 0 Å². The van der Waals surface area contributed by atoms with E-state index < -0.39 is 0 Å². The summed E-state index contributed by atoms with van der Waals surface area (Å²) in [6.45, 7) is 0.689. The fourth-order valence-corrected chi connectivity index (χ4v) is 2.48. The van der Waals surface area contributed by atoms with Gasteiger partial charge in [0.25, 0.3) is 0 Å². The van der Waals surface area contributed by atoms with Crippen LogP contribution < -0.4 is 10.6 Å². The van der Waals surface area contributed by atoms with Gasteiger partial charge in [-0.05, 0) is 35.9 Å². The molecule has 2 N–H and O–H groups in total. The van der Waals surface area contributed by atoms with Crippen LogP contribution in [0.15, 0.2) is 54.9 Å². The van der Waals surface area contributed by atoms with Crippen LogP contribution >= 0.6 is 0 Å². The van der Waals surface area contributed by atoms with Gasteiger partial charge in [0.1, 0.15) is 5.82 Å². The summed E-state index contributed by atoms with van der Waals surface area (Å²) in [5, 5.41) is 2.01. The number of nitrogens with zero attached hydrogens (tertiary/aromatic N) is 2. The van der Waals surface area contributed by atoms with E-state index in [9.17, 15) is 4.39 Å². The molecule has 1 heterocycles. The number of nitrogens with two attached hydrogens (primary N) is 1. The number of nitrogen functional groups attached to an aromatic ring is 1. The van der Waals surface area contributed by atoms with Crippen LogP contribution in [0.2, 0.25) is 0 Å². The highest BCUT2D eigenvalue weighted by atomic mass is 19.1. The van der Waals surface area contributed by atoms with Gasteiger partial charge in [0, 0.05) is 48.1 Å². The molecule has 0 atom stereocenters. The van der Waals surface area contributed by atoms with E-state index in [2.05, 4.69) is 9.88 Å². The van der Waals surface area contributed by atoms with E-state index in [1.807, 2.05) is 31.4 Å². The zero-order valence-electron chi connectivity index (χ0n) is 11.8. The number of anilines is 2. The molecule has 4 heteroatoms. The maximum Gasteiger partial charge on any atom is 0.123 e. The summed E-state index contributed by atoms with van der Waals surface area (Å²) in [5.74, 6) is -0.219. The van der Waals surface area contributed by atoms with Gasteiger partial charge in [0.2, 0.25) is 0 Å². The fraction of sp³-hybridized carbons (Fsp3) is 0.118. The van der Waals surface area contributed by atoms with Crippen LogP contribution in [0.4, 0.5) is 15.8 Å². The van der Waals surface area contributed by atoms with Gasteiger partial charge in [-0.1, -0.05) is 12.1 Å². The molecule has 0 bridgehead atoms. The SMILES string of the molecule is CN(Cc1ccc(F)cc1)c1ccc(N)c2ccncc12. The Labute approximate surface area is 122 Å². The molecule has 3 rings (SSSR count). The van der Waals surface area contributed by atoms with Gasteiger partial charge in [-0.25, -0.2) is 4.39 Å². The average molecular weight is 281 g/mol. The maximum absolute atomic E-state index is 13.0. The van der Waals surface area contributed by atoms with Gasteiger partial charge in [-0.2, -0.15) is 0 Å². The zero-order valence-corrected chi connectivity index (χ0v) is 11.8. The quantitative estimate of drug-likeness (QED) is 0.746. The molecule has 21 heavy (non-hydrogen) atoms. The Morgan fingerprint density at radius 1 is 1.05 bits per heavy atom. The van der Waals surface area contributed by atoms with Crippen molar-refractivity contribution >= 4 is 22.1 Å². The van der Waals surface area contributed by atoms with Crippen LogP contribution in [0.1, 0.15) is 5.56 Å². The van der Waals surface area contributed by atoms with E-state index in [-0.39, 0.29) is 5.82 Å². The van der Waals surface area contributed by atoms with Crippen LogP contribution in [0.5, 0.6) is 0 Å². The number of hydrogen-bond donors (Lipinski definition) is 1. The third-order valence-corrected chi connectivity index (χ3v) is 3.57. The minimum Gasteiger partial charge on any atom is -0.398 e. The topological polar surface area (TPSA) is 42.1 Å². The van der Waals surface area contributed by atoms with Gasteiger partial charge >= 0.3 is 0 Å². The van der Waals surface area contributed by atoms with Crippen LogP contribution in [0.3, 0.4) is 0 Å². The summed E-state index contributed by atoms with van der Waals surface area (Å²) >= 11 is 0. The van der Waals surface area contributed by atoms with Crippen LogP contribution in [0.25, 0.3) is 10.8 Å². The number of fused-ring (bicyclic) bond motifs is 1. The van der Waals surface area contributed by atoms with Crippen molar-refractivity contribution < 1.29 is 4.39 Å². The lowest BCUT2D eigenvalue weighted by molar-refractivity contribution is 0.627. The second kappa shape index (κ2) is 5.40. The Morgan fingerprint density at radius 2 is 1.81 bits per heavy atom. The third kappa shape index (κ3) is 2.65. The summed E-state index contributed by atoms with van der Waals surface area (Å²) in [6, 6.07) is 12.4. The number of aromatic nitrogens is 1. The molecule has 0 aliphatic rings. The van der Waals surface area contributed by atoms with Crippen LogP contribution in [-0.2, 0) is 6.54 Å². The maximum atomic E-state index is 13.0. The molecule has 1 aromatic heterocycles. The molecule has 2 aromatic carbocycles. The molecule has 3 aromatic rings. The first-order valence-corrected chi connectivity index (χ1v) is 6.73. The van der Waals surface area contributed by atoms with Crippen molar-refractivity contribution in [2.75, 3.05) is 17.7 Å². The van der Waals surface area contributed by atoms with Crippen molar-refractivity contribution in [2.24, 2.45) is 0 Å². The lowest BCUT2D eigenvalue weighted by Crippen LogP contribution is -2.16. The minimum absolute atomic E-state index is 0.219. The second-order valence-corrected chi connectivity index (χ2v) is 5.08. The Hall–Kier alpha value is -2.62. The average Bonchev–Trinajstić information content (AvgIpc) is 2.50. The highest BCUT2D eigenvalue weighted by Crippen LogP contribution is 2.30. The van der Waals surface area contributed by atoms with Crippen molar-refractivity contribution in [1.29, 1.82) is 0 Å². The zero-order chi connectivity index (χ0) is 14.8. The number of halogens is 1. The van der Waals surface area contributed by atoms with Crippen molar-refractivity contribution in [3.05, 3.63) is 66.2 Å². The smallest absolute Gasteiger partial charge is 0.123 e. The molecule has 3 nitrogen and oxygen atoms in total. The van der Waals surface area contributed by atoms with Gasteiger partial charge in [0.15, 0.2) is 0 Å². The normalized spacial score (nSPS) is 10.8. The Balaban J connectivity index is 1.96. The summed E-state index contributed by atoms with van der Waals surface area (Å²) in [7, 11) is 2.00. The molecule has 0 fully saturated rings. The van der Waals surface area contributed by atoms with Crippen LogP contribution in [0, 0.1) is 5.82 Å². The molecule has 0 amide bonds. The lowest BCUT2D eigenvalue weighted by atomic mass is 10.1. The minimum atomic E-state index is -0.219. The first kappa shape index (κ1) is 13.4. The van der Waals surface area contributed by atoms with Crippen molar-refractivity contribution in [3.63, 3.8) is 0 Å². The summed E-state index contributed by atoms with van der Waals surface area (Å²) in [5.41, 5.74) is 8.85. The van der Waals surface area contributed by atoms with E-state index in [1.165, 1.54) is 12.1 Å². The second-order valence-electron chi connectivity index (χ2n) is 5.08. The third-order valence-electron chi connectivity index (χ3n) is 3.57. The molecule has 0 saturated heterocycles. The molecule has 0 spiro atoms.